The van der Waals surface area contributed by atoms with Crippen molar-refractivity contribution in [3.8, 4) is 17.2 Å². The number of hydrogen-bond donors (Lipinski definition) is 1. The predicted octanol–water partition coefficient (Wildman–Crippen LogP) is 4.31. The maximum Gasteiger partial charge on any atom is 0.277 e. The number of methoxy groups -OCH3 is 1. The highest BCUT2D eigenvalue weighted by molar-refractivity contribution is 8.00. The lowest BCUT2D eigenvalue weighted by atomic mass is 10.2. The second kappa shape index (κ2) is 8.22. The third-order valence-electron chi connectivity index (χ3n) is 3.83. The van der Waals surface area contributed by atoms with E-state index < -0.39 is 5.25 Å². The Labute approximate surface area is 160 Å². The number of ether oxygens (including phenoxy) is 1. The molecule has 0 aliphatic heterocycles. The van der Waals surface area contributed by atoms with Crippen molar-refractivity contribution in [1.82, 2.24) is 10.2 Å². The molecule has 0 fully saturated rings. The number of rotatable bonds is 6. The number of hydrogen-bond acceptors (Lipinski definition) is 6. The Morgan fingerprint density at radius 1 is 1.26 bits per heavy atom. The van der Waals surface area contributed by atoms with Gasteiger partial charge < -0.3 is 14.5 Å². The minimum Gasteiger partial charge on any atom is -0.496 e. The van der Waals surface area contributed by atoms with Crippen LogP contribution in [0.5, 0.6) is 5.75 Å². The van der Waals surface area contributed by atoms with Crippen molar-refractivity contribution in [2.45, 2.75) is 24.3 Å². The first kappa shape index (κ1) is 18.9. The Bertz CT molecular complexity index is 961. The molecule has 27 heavy (non-hydrogen) atoms. The second-order valence-corrected chi connectivity index (χ2v) is 7.08. The molecule has 0 aliphatic carbocycles. The zero-order valence-electron chi connectivity index (χ0n) is 15.0. The molecule has 1 unspecified atom stereocenters. The van der Waals surface area contributed by atoms with Crippen molar-refractivity contribution in [3.63, 3.8) is 0 Å². The predicted molar refractivity (Wildman–Crippen MR) is 101 cm³/mol. The number of benzene rings is 2. The van der Waals surface area contributed by atoms with Crippen LogP contribution in [-0.2, 0) is 4.79 Å². The molecule has 140 valence electrons. The number of thioether (sulfide) groups is 1. The topological polar surface area (TPSA) is 77.2 Å². The Morgan fingerprint density at radius 3 is 2.78 bits per heavy atom. The number of carbonyl (C=O) groups is 1. The van der Waals surface area contributed by atoms with E-state index in [0.29, 0.717) is 28.5 Å². The summed E-state index contributed by atoms with van der Waals surface area (Å²) < 4.78 is 24.5. The molecule has 1 heterocycles. The first-order valence-corrected chi connectivity index (χ1v) is 9.06. The van der Waals surface area contributed by atoms with E-state index in [0.717, 1.165) is 11.8 Å². The summed E-state index contributed by atoms with van der Waals surface area (Å²) in [5, 5.41) is 10.4. The van der Waals surface area contributed by atoms with Gasteiger partial charge in [-0.25, -0.2) is 4.39 Å². The van der Waals surface area contributed by atoms with Gasteiger partial charge in [-0.2, -0.15) is 0 Å². The summed E-state index contributed by atoms with van der Waals surface area (Å²) in [5.74, 6) is 0.264. The Morgan fingerprint density at radius 2 is 2.04 bits per heavy atom. The molecule has 0 bridgehead atoms. The van der Waals surface area contributed by atoms with Gasteiger partial charge in [-0.1, -0.05) is 30.0 Å². The van der Waals surface area contributed by atoms with E-state index in [2.05, 4.69) is 15.5 Å². The van der Waals surface area contributed by atoms with Crippen molar-refractivity contribution in [2.75, 3.05) is 12.4 Å². The van der Waals surface area contributed by atoms with E-state index in [1.54, 1.807) is 39.2 Å². The quantitative estimate of drug-likeness (QED) is 0.635. The van der Waals surface area contributed by atoms with Gasteiger partial charge in [0, 0.05) is 5.69 Å². The van der Waals surface area contributed by atoms with Crippen LogP contribution in [0, 0.1) is 12.7 Å². The highest BCUT2D eigenvalue weighted by Gasteiger charge is 2.20. The van der Waals surface area contributed by atoms with Crippen LogP contribution in [0.1, 0.15) is 12.5 Å². The molecule has 0 saturated carbocycles. The molecule has 3 aromatic rings. The van der Waals surface area contributed by atoms with E-state index in [1.807, 2.05) is 18.2 Å². The number of aromatic nitrogens is 2. The van der Waals surface area contributed by atoms with E-state index in [1.165, 1.54) is 6.07 Å². The van der Waals surface area contributed by atoms with Crippen molar-refractivity contribution in [3.05, 3.63) is 53.8 Å². The zero-order valence-corrected chi connectivity index (χ0v) is 15.8. The molecule has 0 spiro atoms. The molecular weight excluding hydrogens is 369 g/mol. The van der Waals surface area contributed by atoms with Gasteiger partial charge >= 0.3 is 0 Å². The summed E-state index contributed by atoms with van der Waals surface area (Å²) in [6.45, 7) is 3.37. The van der Waals surface area contributed by atoms with Crippen molar-refractivity contribution in [1.29, 1.82) is 0 Å². The number of halogens is 1. The molecule has 0 saturated heterocycles. The number of aryl methyl sites for hydroxylation is 1. The molecule has 0 aliphatic rings. The van der Waals surface area contributed by atoms with Crippen LogP contribution in [0.2, 0.25) is 0 Å². The summed E-state index contributed by atoms with van der Waals surface area (Å²) in [4.78, 5) is 12.3. The van der Waals surface area contributed by atoms with Gasteiger partial charge in [0.15, 0.2) is 0 Å². The third-order valence-corrected chi connectivity index (χ3v) is 4.76. The third kappa shape index (κ3) is 4.46. The monoisotopic (exact) mass is 387 g/mol. The Kier molecular flexibility index (Phi) is 5.75. The van der Waals surface area contributed by atoms with Crippen LogP contribution >= 0.6 is 11.8 Å². The van der Waals surface area contributed by atoms with Crippen LogP contribution in [0.25, 0.3) is 11.5 Å². The van der Waals surface area contributed by atoms with Gasteiger partial charge in [0.1, 0.15) is 11.6 Å². The van der Waals surface area contributed by atoms with Crippen molar-refractivity contribution >= 4 is 23.4 Å². The average Bonchev–Trinajstić information content (AvgIpc) is 3.13. The molecule has 8 heteroatoms. The lowest BCUT2D eigenvalue weighted by molar-refractivity contribution is -0.115. The lowest BCUT2D eigenvalue weighted by Crippen LogP contribution is -2.22. The van der Waals surface area contributed by atoms with E-state index in [-0.39, 0.29) is 16.9 Å². The van der Waals surface area contributed by atoms with Gasteiger partial charge in [0.25, 0.3) is 11.1 Å². The Balaban J connectivity index is 1.67. The fourth-order valence-corrected chi connectivity index (χ4v) is 2.99. The molecule has 0 radical (unpaired) electrons. The van der Waals surface area contributed by atoms with Gasteiger partial charge in [0.05, 0.1) is 17.9 Å². The van der Waals surface area contributed by atoms with Gasteiger partial charge in [-0.3, -0.25) is 4.79 Å². The molecule has 3 rings (SSSR count). The minimum absolute atomic E-state index is 0.258. The first-order valence-electron chi connectivity index (χ1n) is 8.18. The van der Waals surface area contributed by atoms with Crippen LogP contribution in [0.3, 0.4) is 0 Å². The number of carbonyl (C=O) groups excluding carboxylic acids is 1. The lowest BCUT2D eigenvalue weighted by Gasteiger charge is -2.10. The summed E-state index contributed by atoms with van der Waals surface area (Å²) in [5.41, 5.74) is 1.59. The molecule has 1 N–H and O–H groups in total. The summed E-state index contributed by atoms with van der Waals surface area (Å²) >= 11 is 1.12. The number of anilines is 1. The van der Waals surface area contributed by atoms with Crippen molar-refractivity contribution in [2.24, 2.45) is 0 Å². The second-order valence-electron chi connectivity index (χ2n) is 5.79. The smallest absolute Gasteiger partial charge is 0.277 e. The number of para-hydroxylation sites is 1. The zero-order chi connectivity index (χ0) is 19.4. The van der Waals surface area contributed by atoms with Crippen LogP contribution in [0.4, 0.5) is 10.1 Å². The fourth-order valence-electron chi connectivity index (χ4n) is 2.31. The molecular formula is C19H18FN3O3S. The van der Waals surface area contributed by atoms with Gasteiger partial charge in [0.2, 0.25) is 5.91 Å². The van der Waals surface area contributed by atoms with Crippen LogP contribution in [0.15, 0.2) is 52.1 Å². The maximum atomic E-state index is 13.6. The summed E-state index contributed by atoms with van der Waals surface area (Å²) in [6.07, 6.45) is 0. The van der Waals surface area contributed by atoms with Crippen molar-refractivity contribution < 1.29 is 18.3 Å². The number of nitrogens with one attached hydrogen (secondary N) is 1. The first-order chi connectivity index (χ1) is 13.0. The molecule has 2 aromatic carbocycles. The standard InChI is InChI=1S/C19H18FN3O3S/c1-11-8-9-13(10-15(11)20)21-17(24)12(2)27-19-23-22-18(26-19)14-6-4-5-7-16(14)25-3/h4-10,12H,1-3H3,(H,21,24). The van der Waals surface area contributed by atoms with Crippen LogP contribution < -0.4 is 10.1 Å². The largest absolute Gasteiger partial charge is 0.496 e. The SMILES string of the molecule is COc1ccccc1-c1nnc(SC(C)C(=O)Nc2ccc(C)c(F)c2)o1. The summed E-state index contributed by atoms with van der Waals surface area (Å²) in [6, 6.07) is 11.8. The normalized spacial score (nSPS) is 11.9. The average molecular weight is 387 g/mol. The summed E-state index contributed by atoms with van der Waals surface area (Å²) in [7, 11) is 1.56. The number of nitrogens with zero attached hydrogens (tertiary/aromatic N) is 2. The fraction of sp³-hybridized carbons (Fsp3) is 0.211. The molecule has 6 nitrogen and oxygen atoms in total. The molecule has 1 atom stereocenters. The van der Waals surface area contributed by atoms with Gasteiger partial charge in [-0.05, 0) is 43.7 Å². The van der Waals surface area contributed by atoms with E-state index in [4.69, 9.17) is 9.15 Å². The highest BCUT2D eigenvalue weighted by atomic mass is 32.2. The molecule has 1 aromatic heterocycles. The van der Waals surface area contributed by atoms with Crippen LogP contribution in [-0.4, -0.2) is 28.5 Å². The Hall–Kier alpha value is -2.87. The van der Waals surface area contributed by atoms with E-state index in [9.17, 15) is 9.18 Å². The highest BCUT2D eigenvalue weighted by Crippen LogP contribution is 2.31. The molecule has 1 amide bonds. The minimum atomic E-state index is -0.514. The van der Waals surface area contributed by atoms with Gasteiger partial charge in [-0.15, -0.1) is 10.2 Å². The number of amides is 1. The van der Waals surface area contributed by atoms with E-state index >= 15 is 0 Å². The maximum absolute atomic E-state index is 13.6.